The number of H-pyrrole nitrogens is 1. The minimum absolute atomic E-state index is 0.0493. The second kappa shape index (κ2) is 12.1. The standard InChI is InChI=1S/C25H32ClFN5O8P/c1-13(2)37-22(35)14(3)10-41(36,40-16-8-6-5-7-9-16)39-15(4)18-19(33)25(26,11-27)23(38-18)32-12-29-17-20(32)30-24(28)31-21(17)34/h5-9,12-15,18-19,23,33H,10-11H2,1-4H3,(H3,28,30,31,34)/t14-,15+,18-,19+,23-,25?,41?/m1/s1. The number of aliphatic hydroxyl groups excluding tert-OH is 1. The maximum atomic E-state index is 14.5. The van der Waals surface area contributed by atoms with Crippen molar-refractivity contribution in [2.24, 2.45) is 5.92 Å². The number of halogens is 2. The smallest absolute Gasteiger partial charge is 0.380 e. The van der Waals surface area contributed by atoms with E-state index in [4.69, 9.17) is 35.9 Å². The number of aromatic nitrogens is 4. The maximum absolute atomic E-state index is 14.5. The highest BCUT2D eigenvalue weighted by Gasteiger charge is 2.59. The second-order valence-electron chi connectivity index (χ2n) is 10.1. The zero-order chi connectivity index (χ0) is 30.1. The number of alkyl halides is 2. The fourth-order valence-electron chi connectivity index (χ4n) is 4.49. The summed E-state index contributed by atoms with van der Waals surface area (Å²) in [5, 5.41) is 11.2. The number of nitrogens with one attached hydrogen (secondary N) is 1. The topological polar surface area (TPSA) is 181 Å². The predicted molar refractivity (Wildman–Crippen MR) is 148 cm³/mol. The molecule has 7 atom stereocenters. The molecule has 13 nitrogen and oxygen atoms in total. The van der Waals surface area contributed by atoms with Gasteiger partial charge in [-0.25, -0.2) is 13.9 Å². The summed E-state index contributed by atoms with van der Waals surface area (Å²) in [6.07, 6.45) is -5.25. The molecule has 0 saturated carbocycles. The minimum atomic E-state index is -4.13. The van der Waals surface area contributed by atoms with Gasteiger partial charge in [0.2, 0.25) is 5.95 Å². The quantitative estimate of drug-likeness (QED) is 0.164. The Labute approximate surface area is 239 Å². The van der Waals surface area contributed by atoms with Crippen LogP contribution < -0.4 is 15.8 Å². The van der Waals surface area contributed by atoms with Crippen LogP contribution in [-0.2, 0) is 23.4 Å². The van der Waals surface area contributed by atoms with E-state index >= 15 is 0 Å². The van der Waals surface area contributed by atoms with Crippen LogP contribution in [0.3, 0.4) is 0 Å². The molecule has 0 amide bonds. The molecule has 41 heavy (non-hydrogen) atoms. The lowest BCUT2D eigenvalue weighted by atomic mass is 9.97. The highest BCUT2D eigenvalue weighted by atomic mass is 35.5. The van der Waals surface area contributed by atoms with E-state index in [1.165, 1.54) is 18.4 Å². The van der Waals surface area contributed by atoms with Gasteiger partial charge in [0.25, 0.3) is 5.56 Å². The van der Waals surface area contributed by atoms with Gasteiger partial charge in [0.1, 0.15) is 29.5 Å². The molecule has 0 spiro atoms. The third-order valence-corrected chi connectivity index (χ3v) is 9.09. The third-order valence-electron chi connectivity index (χ3n) is 6.44. The number of esters is 1. The van der Waals surface area contributed by atoms with Gasteiger partial charge in [0, 0.05) is 0 Å². The first kappa shape index (κ1) is 30.9. The Balaban J connectivity index is 1.63. The number of hydrogen-bond donors (Lipinski definition) is 3. The molecule has 1 fully saturated rings. The number of ether oxygens (including phenoxy) is 2. The molecular formula is C25H32ClFN5O8P. The average Bonchev–Trinajstić information content (AvgIpc) is 3.42. The van der Waals surface area contributed by atoms with Gasteiger partial charge < -0.3 is 24.8 Å². The second-order valence-corrected chi connectivity index (χ2v) is 12.8. The predicted octanol–water partition coefficient (Wildman–Crippen LogP) is 3.17. The molecule has 1 aliphatic rings. The van der Waals surface area contributed by atoms with Crippen molar-refractivity contribution in [3.05, 3.63) is 47.0 Å². The number of rotatable bonds is 11. The minimum Gasteiger partial charge on any atom is -0.463 e. The normalized spacial score (nSPS) is 25.6. The first-order valence-corrected chi connectivity index (χ1v) is 14.9. The number of aliphatic hydroxyl groups is 1. The summed E-state index contributed by atoms with van der Waals surface area (Å²) in [6.45, 7) is 5.07. The molecule has 2 unspecified atom stereocenters. The zero-order valence-electron chi connectivity index (χ0n) is 22.8. The Morgan fingerprint density at radius 1 is 1.32 bits per heavy atom. The van der Waals surface area contributed by atoms with Crippen molar-refractivity contribution in [2.75, 3.05) is 18.6 Å². The maximum Gasteiger partial charge on any atom is 0.380 e. The Bertz CT molecular complexity index is 1490. The molecule has 224 valence electrons. The number of anilines is 1. The van der Waals surface area contributed by atoms with Gasteiger partial charge in [-0.2, -0.15) is 4.98 Å². The van der Waals surface area contributed by atoms with Crippen molar-refractivity contribution < 1.29 is 37.4 Å². The van der Waals surface area contributed by atoms with Crippen LogP contribution in [0.1, 0.15) is 33.9 Å². The summed E-state index contributed by atoms with van der Waals surface area (Å²) < 4.78 is 52.6. The summed E-state index contributed by atoms with van der Waals surface area (Å²) in [5.41, 5.74) is 4.88. The molecule has 16 heteroatoms. The summed E-state index contributed by atoms with van der Waals surface area (Å²) in [7, 11) is -4.13. The summed E-state index contributed by atoms with van der Waals surface area (Å²) in [4.78, 5) is 33.0. The summed E-state index contributed by atoms with van der Waals surface area (Å²) in [5.74, 6) is -1.49. The molecule has 3 heterocycles. The largest absolute Gasteiger partial charge is 0.463 e. The molecule has 0 bridgehead atoms. The number of hydrogen-bond acceptors (Lipinski definition) is 11. The molecule has 0 radical (unpaired) electrons. The molecule has 1 aromatic carbocycles. The van der Waals surface area contributed by atoms with Crippen molar-refractivity contribution in [3.63, 3.8) is 0 Å². The number of fused-ring (bicyclic) bond motifs is 1. The summed E-state index contributed by atoms with van der Waals surface area (Å²) in [6, 6.07) is 8.19. The average molecular weight is 616 g/mol. The van der Waals surface area contributed by atoms with Crippen LogP contribution in [0.25, 0.3) is 11.2 Å². The monoisotopic (exact) mass is 615 g/mol. The molecular weight excluding hydrogens is 584 g/mol. The number of para-hydroxylation sites is 1. The van der Waals surface area contributed by atoms with Gasteiger partial charge in [0.05, 0.1) is 30.6 Å². The van der Waals surface area contributed by atoms with Gasteiger partial charge in [-0.15, -0.1) is 11.6 Å². The Morgan fingerprint density at radius 2 is 2.00 bits per heavy atom. The molecule has 3 aromatic rings. The first-order valence-electron chi connectivity index (χ1n) is 12.8. The molecule has 4 rings (SSSR count). The van der Waals surface area contributed by atoms with Crippen molar-refractivity contribution in [2.45, 2.75) is 63.2 Å². The van der Waals surface area contributed by atoms with Crippen LogP contribution in [0, 0.1) is 5.92 Å². The fourth-order valence-corrected chi connectivity index (χ4v) is 6.87. The van der Waals surface area contributed by atoms with Gasteiger partial charge >= 0.3 is 13.6 Å². The molecule has 0 aliphatic carbocycles. The van der Waals surface area contributed by atoms with Crippen LogP contribution in [-0.4, -0.2) is 72.7 Å². The SMILES string of the molecule is CC(C)OC(=O)[C@H](C)CP(=O)(Oc1ccccc1)O[C@@H](C)[C@H]1O[C@@H](n2cnc3c(=O)[nH]c(N)nc32)C(Cl)(CF)[C@H]1O. The van der Waals surface area contributed by atoms with E-state index in [0.29, 0.717) is 0 Å². The van der Waals surface area contributed by atoms with E-state index in [-0.39, 0.29) is 29.0 Å². The Hall–Kier alpha value is -3.03. The highest BCUT2D eigenvalue weighted by molar-refractivity contribution is 7.54. The lowest BCUT2D eigenvalue weighted by Gasteiger charge is -2.29. The van der Waals surface area contributed by atoms with Gasteiger partial charge in [-0.3, -0.25) is 23.7 Å². The number of benzene rings is 1. The summed E-state index contributed by atoms with van der Waals surface area (Å²) >= 11 is 6.60. The molecule has 1 aliphatic heterocycles. The van der Waals surface area contributed by atoms with Crippen molar-refractivity contribution in [1.29, 1.82) is 0 Å². The van der Waals surface area contributed by atoms with Crippen LogP contribution >= 0.6 is 19.2 Å². The van der Waals surface area contributed by atoms with Crippen molar-refractivity contribution in [1.82, 2.24) is 19.5 Å². The number of nitrogens with two attached hydrogens (primary N) is 1. The lowest BCUT2D eigenvalue weighted by Crippen LogP contribution is -2.46. The van der Waals surface area contributed by atoms with Gasteiger partial charge in [-0.05, 0) is 32.9 Å². The van der Waals surface area contributed by atoms with Crippen LogP contribution in [0.4, 0.5) is 10.3 Å². The molecule has 2 aromatic heterocycles. The molecule has 1 saturated heterocycles. The van der Waals surface area contributed by atoms with E-state index in [1.807, 2.05) is 0 Å². The van der Waals surface area contributed by atoms with E-state index in [1.54, 1.807) is 44.2 Å². The Kier molecular flexibility index (Phi) is 9.10. The highest BCUT2D eigenvalue weighted by Crippen LogP contribution is 2.54. The first-order chi connectivity index (χ1) is 19.3. The lowest BCUT2D eigenvalue weighted by molar-refractivity contribution is -0.151. The number of nitrogen functional groups attached to an aromatic ring is 1. The number of imidazole rings is 1. The van der Waals surface area contributed by atoms with Crippen molar-refractivity contribution in [3.8, 4) is 5.75 Å². The van der Waals surface area contributed by atoms with Crippen LogP contribution in [0.15, 0.2) is 41.5 Å². The van der Waals surface area contributed by atoms with E-state index in [2.05, 4.69) is 15.0 Å². The van der Waals surface area contributed by atoms with E-state index in [9.17, 15) is 23.7 Å². The number of carbonyl (C=O) groups is 1. The molecule has 4 N–H and O–H groups in total. The van der Waals surface area contributed by atoms with Gasteiger partial charge in [0.15, 0.2) is 17.4 Å². The van der Waals surface area contributed by atoms with Crippen LogP contribution in [0.2, 0.25) is 0 Å². The third kappa shape index (κ3) is 6.41. The Morgan fingerprint density at radius 3 is 2.63 bits per heavy atom. The van der Waals surface area contributed by atoms with Gasteiger partial charge in [-0.1, -0.05) is 25.1 Å². The van der Waals surface area contributed by atoms with E-state index in [0.717, 1.165) is 6.33 Å². The number of carbonyl (C=O) groups excluding carboxylic acids is 1. The fraction of sp³-hybridized carbons (Fsp3) is 0.520. The van der Waals surface area contributed by atoms with Crippen molar-refractivity contribution >= 4 is 42.3 Å². The number of nitrogens with zero attached hydrogens (tertiary/aromatic N) is 3. The van der Waals surface area contributed by atoms with E-state index < -0.39 is 67.2 Å². The van der Waals surface area contributed by atoms with Crippen LogP contribution in [0.5, 0.6) is 5.75 Å². The zero-order valence-corrected chi connectivity index (χ0v) is 24.4. The number of aromatic amines is 1.